The summed E-state index contributed by atoms with van der Waals surface area (Å²) >= 11 is 0. The predicted molar refractivity (Wildman–Crippen MR) is 70.6 cm³/mol. The first kappa shape index (κ1) is 14.4. The third kappa shape index (κ3) is 3.19. The summed E-state index contributed by atoms with van der Waals surface area (Å²) in [6.45, 7) is 4.29. The smallest absolute Gasteiger partial charge is 0.360 e. The summed E-state index contributed by atoms with van der Waals surface area (Å²) < 4.78 is 1.69. The number of nitrogens with two attached hydrogens (primary N) is 1. The summed E-state index contributed by atoms with van der Waals surface area (Å²) in [5.74, 6) is 0.907. The van der Waals surface area contributed by atoms with E-state index in [9.17, 15) is 10.1 Å². The Hall–Kier alpha value is -1.63. The van der Waals surface area contributed by atoms with Crippen molar-refractivity contribution in [2.45, 2.75) is 39.2 Å². The van der Waals surface area contributed by atoms with Crippen LogP contribution in [0, 0.1) is 17.0 Å². The molecule has 0 aliphatic rings. The fourth-order valence-corrected chi connectivity index (χ4v) is 1.77. The maximum Gasteiger partial charge on any atom is 0.406 e. The highest BCUT2D eigenvalue weighted by molar-refractivity contribution is 5.54. The standard InChI is InChI=1S/C11H21N5O2/c1-4-5-6-9(7-12)14-10-11(16(17)18)13-8(2)15(10)3/h9,14H,4-7,12H2,1-3H3. The SMILES string of the molecule is CCCCC(CN)Nc1c([N+](=O)[O-])nc(C)n1C. The summed E-state index contributed by atoms with van der Waals surface area (Å²) in [6.07, 6.45) is 3.01. The van der Waals surface area contributed by atoms with E-state index in [1.54, 1.807) is 18.5 Å². The molecule has 1 aromatic heterocycles. The molecule has 0 amide bonds. The van der Waals surface area contributed by atoms with Crippen LogP contribution in [0.1, 0.15) is 32.0 Å². The Morgan fingerprint density at radius 1 is 1.61 bits per heavy atom. The molecule has 0 fully saturated rings. The summed E-state index contributed by atoms with van der Waals surface area (Å²) in [5, 5.41) is 14.1. The van der Waals surface area contributed by atoms with Gasteiger partial charge in [-0.05, 0) is 16.3 Å². The lowest BCUT2D eigenvalue weighted by molar-refractivity contribution is -0.388. The Kier molecular flexibility index (Phi) is 5.08. The number of anilines is 1. The summed E-state index contributed by atoms with van der Waals surface area (Å²) in [4.78, 5) is 14.4. The zero-order valence-electron chi connectivity index (χ0n) is 11.1. The van der Waals surface area contributed by atoms with Crippen molar-refractivity contribution >= 4 is 11.6 Å². The third-order valence-electron chi connectivity index (χ3n) is 3.00. The van der Waals surface area contributed by atoms with Crippen molar-refractivity contribution in [3.63, 3.8) is 0 Å². The van der Waals surface area contributed by atoms with Crippen molar-refractivity contribution in [1.82, 2.24) is 9.55 Å². The van der Waals surface area contributed by atoms with Gasteiger partial charge in [-0.1, -0.05) is 19.8 Å². The number of nitro groups is 1. The Morgan fingerprint density at radius 3 is 2.78 bits per heavy atom. The first-order valence-electron chi connectivity index (χ1n) is 6.15. The van der Waals surface area contributed by atoms with Gasteiger partial charge in [0.2, 0.25) is 11.6 Å². The molecule has 1 heterocycles. The average Bonchev–Trinajstić information content (AvgIpc) is 2.62. The van der Waals surface area contributed by atoms with Crippen LogP contribution in [0.15, 0.2) is 0 Å². The van der Waals surface area contributed by atoms with E-state index in [4.69, 9.17) is 5.73 Å². The number of nitrogens with zero attached hydrogens (tertiary/aromatic N) is 3. The molecule has 7 heteroatoms. The highest BCUT2D eigenvalue weighted by Gasteiger charge is 2.25. The van der Waals surface area contributed by atoms with Crippen molar-refractivity contribution in [2.24, 2.45) is 12.8 Å². The zero-order valence-corrected chi connectivity index (χ0v) is 11.1. The fraction of sp³-hybridized carbons (Fsp3) is 0.727. The first-order valence-corrected chi connectivity index (χ1v) is 6.15. The van der Waals surface area contributed by atoms with E-state index in [0.29, 0.717) is 18.2 Å². The molecule has 0 aromatic carbocycles. The van der Waals surface area contributed by atoms with Gasteiger partial charge in [0.25, 0.3) is 0 Å². The molecule has 1 rings (SSSR count). The van der Waals surface area contributed by atoms with E-state index in [1.807, 2.05) is 0 Å². The van der Waals surface area contributed by atoms with Crippen LogP contribution in [0.2, 0.25) is 0 Å². The minimum absolute atomic E-state index is 0.0402. The van der Waals surface area contributed by atoms with Gasteiger partial charge in [-0.2, -0.15) is 0 Å². The van der Waals surface area contributed by atoms with E-state index >= 15 is 0 Å². The molecule has 1 aromatic rings. The van der Waals surface area contributed by atoms with Crippen molar-refractivity contribution in [1.29, 1.82) is 0 Å². The van der Waals surface area contributed by atoms with Crippen LogP contribution < -0.4 is 11.1 Å². The molecular weight excluding hydrogens is 234 g/mol. The highest BCUT2D eigenvalue weighted by atomic mass is 16.6. The van der Waals surface area contributed by atoms with E-state index in [0.717, 1.165) is 19.3 Å². The van der Waals surface area contributed by atoms with E-state index in [1.165, 1.54) is 0 Å². The van der Waals surface area contributed by atoms with Crippen LogP contribution in [-0.2, 0) is 7.05 Å². The van der Waals surface area contributed by atoms with Crippen molar-refractivity contribution < 1.29 is 4.92 Å². The number of rotatable bonds is 7. The Balaban J connectivity index is 2.90. The number of unbranched alkanes of at least 4 members (excludes halogenated alkanes) is 1. The molecule has 0 spiro atoms. The van der Waals surface area contributed by atoms with Gasteiger partial charge in [0.05, 0.1) is 0 Å². The predicted octanol–water partition coefficient (Wildman–Crippen LogP) is 1.57. The van der Waals surface area contributed by atoms with Gasteiger partial charge in [0.15, 0.2) is 0 Å². The monoisotopic (exact) mass is 255 g/mol. The molecule has 3 N–H and O–H groups in total. The van der Waals surface area contributed by atoms with Crippen LogP contribution in [0.25, 0.3) is 0 Å². The third-order valence-corrected chi connectivity index (χ3v) is 3.00. The largest absolute Gasteiger partial charge is 0.406 e. The van der Waals surface area contributed by atoms with Gasteiger partial charge in [-0.25, -0.2) is 0 Å². The van der Waals surface area contributed by atoms with Crippen LogP contribution in [0.4, 0.5) is 11.6 Å². The Morgan fingerprint density at radius 2 is 2.28 bits per heavy atom. The summed E-state index contributed by atoms with van der Waals surface area (Å²) in [6, 6.07) is 0.0402. The second kappa shape index (κ2) is 6.34. The lowest BCUT2D eigenvalue weighted by atomic mass is 10.1. The molecule has 0 bridgehead atoms. The Labute approximate surface area is 107 Å². The van der Waals surface area contributed by atoms with Crippen molar-refractivity contribution in [3.05, 3.63) is 15.9 Å². The normalized spacial score (nSPS) is 12.4. The highest BCUT2D eigenvalue weighted by Crippen LogP contribution is 2.25. The average molecular weight is 255 g/mol. The quantitative estimate of drug-likeness (QED) is 0.569. The first-order chi connectivity index (χ1) is 8.51. The fourth-order valence-electron chi connectivity index (χ4n) is 1.77. The second-order valence-electron chi connectivity index (χ2n) is 4.37. The van der Waals surface area contributed by atoms with Crippen LogP contribution in [0.5, 0.6) is 0 Å². The molecule has 0 saturated heterocycles. The minimum Gasteiger partial charge on any atom is -0.360 e. The molecule has 0 radical (unpaired) electrons. The van der Waals surface area contributed by atoms with Gasteiger partial charge in [-0.15, -0.1) is 0 Å². The summed E-state index contributed by atoms with van der Waals surface area (Å²) in [7, 11) is 1.76. The summed E-state index contributed by atoms with van der Waals surface area (Å²) in [5.41, 5.74) is 5.68. The maximum absolute atomic E-state index is 10.9. The number of imidazole rings is 1. The van der Waals surface area contributed by atoms with E-state index in [-0.39, 0.29) is 11.9 Å². The lowest BCUT2D eigenvalue weighted by Crippen LogP contribution is -2.30. The van der Waals surface area contributed by atoms with Crippen LogP contribution in [-0.4, -0.2) is 27.1 Å². The van der Waals surface area contributed by atoms with Crippen molar-refractivity contribution in [3.8, 4) is 0 Å². The second-order valence-corrected chi connectivity index (χ2v) is 4.37. The van der Waals surface area contributed by atoms with Gasteiger partial charge in [0, 0.05) is 26.6 Å². The van der Waals surface area contributed by atoms with Gasteiger partial charge in [0.1, 0.15) is 0 Å². The molecule has 0 aliphatic heterocycles. The number of aromatic nitrogens is 2. The zero-order chi connectivity index (χ0) is 13.7. The molecule has 0 saturated carbocycles. The van der Waals surface area contributed by atoms with E-state index in [2.05, 4.69) is 17.2 Å². The number of hydrogen-bond donors (Lipinski definition) is 2. The van der Waals surface area contributed by atoms with Gasteiger partial charge in [-0.3, -0.25) is 4.57 Å². The molecule has 1 unspecified atom stereocenters. The lowest BCUT2D eigenvalue weighted by Gasteiger charge is -2.17. The molecule has 0 aliphatic carbocycles. The molecule has 18 heavy (non-hydrogen) atoms. The molecule has 7 nitrogen and oxygen atoms in total. The molecule has 102 valence electrons. The topological polar surface area (TPSA) is 99.0 Å². The van der Waals surface area contributed by atoms with Crippen LogP contribution in [0.3, 0.4) is 0 Å². The van der Waals surface area contributed by atoms with Crippen molar-refractivity contribution in [2.75, 3.05) is 11.9 Å². The molecular formula is C11H21N5O2. The van der Waals surface area contributed by atoms with Crippen LogP contribution >= 0.6 is 0 Å². The van der Waals surface area contributed by atoms with Gasteiger partial charge >= 0.3 is 5.82 Å². The maximum atomic E-state index is 10.9. The number of nitrogens with one attached hydrogen (secondary N) is 1. The van der Waals surface area contributed by atoms with Gasteiger partial charge < -0.3 is 21.2 Å². The number of hydrogen-bond acceptors (Lipinski definition) is 5. The Bertz CT molecular complexity index is 416. The minimum atomic E-state index is -0.470. The van der Waals surface area contributed by atoms with E-state index < -0.39 is 4.92 Å². The number of aryl methyl sites for hydroxylation is 1. The molecule has 1 atom stereocenters.